The molecule has 2 atom stereocenters. The third kappa shape index (κ3) is 1.57. The summed E-state index contributed by atoms with van der Waals surface area (Å²) in [6.45, 7) is 0. The van der Waals surface area contributed by atoms with E-state index in [2.05, 4.69) is 27.1 Å². The Labute approximate surface area is 98.1 Å². The highest BCUT2D eigenvalue weighted by Gasteiger charge is 2.22. The first kappa shape index (κ1) is 10.2. The number of nitrogens with zero attached hydrogens (tertiary/aromatic N) is 4. The van der Waals surface area contributed by atoms with Gasteiger partial charge in [-0.3, -0.25) is 0 Å². The zero-order valence-corrected chi connectivity index (χ0v) is 9.45. The molecule has 0 fully saturated rings. The maximum atomic E-state index is 5.75. The molecule has 1 aliphatic rings. The highest BCUT2D eigenvalue weighted by Crippen LogP contribution is 2.28. The Kier molecular flexibility index (Phi) is 2.29. The summed E-state index contributed by atoms with van der Waals surface area (Å²) in [5.74, 6) is 0.416. The number of nitrogen functional groups attached to an aromatic ring is 1. The van der Waals surface area contributed by atoms with Crippen molar-refractivity contribution in [3.05, 3.63) is 24.8 Å². The Bertz CT molecular complexity index is 576. The van der Waals surface area contributed by atoms with Gasteiger partial charge in [-0.2, -0.15) is 0 Å². The second kappa shape index (κ2) is 3.81. The maximum absolute atomic E-state index is 5.75. The first-order valence-corrected chi connectivity index (χ1v) is 5.43. The highest BCUT2D eigenvalue weighted by molar-refractivity contribution is 5.81. The number of rotatable bonds is 2. The van der Waals surface area contributed by atoms with Crippen LogP contribution in [0.2, 0.25) is 0 Å². The van der Waals surface area contributed by atoms with Gasteiger partial charge in [0.25, 0.3) is 0 Å². The fourth-order valence-corrected chi connectivity index (χ4v) is 2.14. The Morgan fingerprint density at radius 3 is 3.00 bits per heavy atom. The maximum Gasteiger partial charge on any atom is 0.165 e. The molecular weight excluding hydrogens is 218 g/mol. The summed E-state index contributed by atoms with van der Waals surface area (Å²) in [6.07, 6.45) is 8.43. The van der Waals surface area contributed by atoms with Crippen LogP contribution in [0.25, 0.3) is 11.2 Å². The van der Waals surface area contributed by atoms with Crippen molar-refractivity contribution < 1.29 is 4.74 Å². The minimum absolute atomic E-state index is 0.164. The van der Waals surface area contributed by atoms with Crippen molar-refractivity contribution in [3.63, 3.8) is 0 Å². The summed E-state index contributed by atoms with van der Waals surface area (Å²) in [7, 11) is 1.71. The van der Waals surface area contributed by atoms with Gasteiger partial charge in [-0.25, -0.2) is 15.0 Å². The van der Waals surface area contributed by atoms with Gasteiger partial charge in [-0.15, -0.1) is 0 Å². The van der Waals surface area contributed by atoms with Gasteiger partial charge in [0, 0.05) is 13.5 Å². The third-order valence-corrected chi connectivity index (χ3v) is 3.07. The standard InChI is InChI=1S/C11H13N5O/c1-17-8-3-2-7(4-8)16-6-15-9-10(12)13-5-14-11(9)16/h2-3,5-8H,4H2,1H3,(H2,12,13,14). The van der Waals surface area contributed by atoms with Crippen molar-refractivity contribution in [1.82, 2.24) is 19.5 Å². The van der Waals surface area contributed by atoms with Crippen LogP contribution in [0.3, 0.4) is 0 Å². The molecule has 6 heteroatoms. The highest BCUT2D eigenvalue weighted by atomic mass is 16.5. The molecule has 2 unspecified atom stereocenters. The van der Waals surface area contributed by atoms with E-state index in [0.29, 0.717) is 11.3 Å². The normalized spacial score (nSPS) is 23.6. The molecule has 0 aliphatic heterocycles. The molecule has 0 saturated carbocycles. The predicted molar refractivity (Wildman–Crippen MR) is 63.3 cm³/mol. The van der Waals surface area contributed by atoms with Gasteiger partial charge >= 0.3 is 0 Å². The van der Waals surface area contributed by atoms with Crippen LogP contribution >= 0.6 is 0 Å². The van der Waals surface area contributed by atoms with Crippen molar-refractivity contribution in [1.29, 1.82) is 0 Å². The number of anilines is 1. The lowest BCUT2D eigenvalue weighted by atomic mass is 10.2. The summed E-state index contributed by atoms with van der Waals surface area (Å²) in [4.78, 5) is 12.4. The Morgan fingerprint density at radius 2 is 2.24 bits per heavy atom. The molecule has 6 nitrogen and oxygen atoms in total. The SMILES string of the molecule is COC1C=CC(n2cnc3c(N)ncnc32)C1. The van der Waals surface area contributed by atoms with E-state index >= 15 is 0 Å². The molecule has 1 aliphatic carbocycles. The van der Waals surface area contributed by atoms with E-state index in [1.54, 1.807) is 13.4 Å². The average molecular weight is 231 g/mol. The number of allylic oxidation sites excluding steroid dienone is 1. The van der Waals surface area contributed by atoms with Crippen molar-refractivity contribution in [2.75, 3.05) is 12.8 Å². The number of hydrogen-bond acceptors (Lipinski definition) is 5. The molecule has 2 aromatic heterocycles. The largest absolute Gasteiger partial charge is 0.382 e. The third-order valence-electron chi connectivity index (χ3n) is 3.07. The average Bonchev–Trinajstić information content (AvgIpc) is 2.94. The van der Waals surface area contributed by atoms with E-state index in [1.807, 2.05) is 4.57 Å². The van der Waals surface area contributed by atoms with E-state index in [0.717, 1.165) is 12.1 Å². The van der Waals surface area contributed by atoms with E-state index in [4.69, 9.17) is 10.5 Å². The predicted octanol–water partition coefficient (Wildman–Crippen LogP) is 0.925. The molecule has 0 amide bonds. The van der Waals surface area contributed by atoms with Crippen molar-refractivity contribution >= 4 is 17.0 Å². The van der Waals surface area contributed by atoms with Crippen molar-refractivity contribution in [2.24, 2.45) is 0 Å². The summed E-state index contributed by atoms with van der Waals surface area (Å²) < 4.78 is 7.30. The van der Waals surface area contributed by atoms with Gasteiger partial charge in [-0.1, -0.05) is 12.2 Å². The Morgan fingerprint density at radius 1 is 1.35 bits per heavy atom. The van der Waals surface area contributed by atoms with E-state index in [-0.39, 0.29) is 12.1 Å². The molecule has 2 heterocycles. The summed E-state index contributed by atoms with van der Waals surface area (Å²) in [6, 6.07) is 0.222. The van der Waals surface area contributed by atoms with Gasteiger partial charge in [0.1, 0.15) is 11.8 Å². The van der Waals surface area contributed by atoms with Crippen LogP contribution in [0.4, 0.5) is 5.82 Å². The fraction of sp³-hybridized carbons (Fsp3) is 0.364. The lowest BCUT2D eigenvalue weighted by molar-refractivity contribution is 0.134. The lowest BCUT2D eigenvalue weighted by Gasteiger charge is -2.12. The number of aromatic nitrogens is 4. The minimum atomic E-state index is 0.164. The molecule has 17 heavy (non-hydrogen) atoms. The Hall–Kier alpha value is -1.95. The molecule has 88 valence electrons. The molecule has 0 radical (unpaired) electrons. The second-order valence-corrected chi connectivity index (χ2v) is 4.05. The van der Waals surface area contributed by atoms with Crippen LogP contribution in [0.5, 0.6) is 0 Å². The van der Waals surface area contributed by atoms with Gasteiger partial charge in [-0.05, 0) is 0 Å². The number of fused-ring (bicyclic) bond motifs is 1. The molecule has 2 aromatic rings. The smallest absolute Gasteiger partial charge is 0.165 e. The minimum Gasteiger partial charge on any atom is -0.382 e. The number of ether oxygens (including phenoxy) is 1. The van der Waals surface area contributed by atoms with Crippen LogP contribution in [0, 0.1) is 0 Å². The number of imidazole rings is 1. The van der Waals surface area contributed by atoms with Crippen molar-refractivity contribution in [3.8, 4) is 0 Å². The van der Waals surface area contributed by atoms with Crippen molar-refractivity contribution in [2.45, 2.75) is 18.6 Å². The summed E-state index contributed by atoms with van der Waals surface area (Å²) in [5.41, 5.74) is 7.17. The van der Waals surface area contributed by atoms with Crippen LogP contribution in [-0.2, 0) is 4.74 Å². The number of methoxy groups -OCH3 is 1. The van der Waals surface area contributed by atoms with Crippen LogP contribution in [-0.4, -0.2) is 32.7 Å². The molecule has 2 N–H and O–H groups in total. The second-order valence-electron chi connectivity index (χ2n) is 4.05. The summed E-state index contributed by atoms with van der Waals surface area (Å²) in [5, 5.41) is 0. The lowest BCUT2D eigenvalue weighted by Crippen LogP contribution is -2.10. The van der Waals surface area contributed by atoms with Crippen LogP contribution < -0.4 is 5.73 Å². The van der Waals surface area contributed by atoms with Gasteiger partial charge < -0.3 is 15.0 Å². The molecular formula is C11H13N5O. The molecule has 0 aromatic carbocycles. The van der Waals surface area contributed by atoms with E-state index in [9.17, 15) is 0 Å². The Balaban J connectivity index is 2.02. The van der Waals surface area contributed by atoms with Gasteiger partial charge in [0.05, 0.1) is 18.5 Å². The quantitative estimate of drug-likeness (QED) is 0.777. The van der Waals surface area contributed by atoms with Gasteiger partial charge in [0.15, 0.2) is 11.5 Å². The molecule has 3 rings (SSSR count). The topological polar surface area (TPSA) is 78.9 Å². The first-order chi connectivity index (χ1) is 8.29. The zero-order chi connectivity index (χ0) is 11.8. The molecule has 0 bridgehead atoms. The fourth-order valence-electron chi connectivity index (χ4n) is 2.14. The molecule has 0 saturated heterocycles. The van der Waals surface area contributed by atoms with Gasteiger partial charge in [0.2, 0.25) is 0 Å². The summed E-state index contributed by atoms with van der Waals surface area (Å²) >= 11 is 0. The number of nitrogens with two attached hydrogens (primary N) is 1. The van der Waals surface area contributed by atoms with E-state index < -0.39 is 0 Å². The van der Waals surface area contributed by atoms with Crippen LogP contribution in [0.15, 0.2) is 24.8 Å². The van der Waals surface area contributed by atoms with Crippen LogP contribution in [0.1, 0.15) is 12.5 Å². The monoisotopic (exact) mass is 231 g/mol. The number of hydrogen-bond donors (Lipinski definition) is 1. The van der Waals surface area contributed by atoms with E-state index in [1.165, 1.54) is 6.33 Å². The zero-order valence-electron chi connectivity index (χ0n) is 9.45. The first-order valence-electron chi connectivity index (χ1n) is 5.43. The molecule has 0 spiro atoms.